The number of phenols is 2. The summed E-state index contributed by atoms with van der Waals surface area (Å²) in [5.41, 5.74) is 0.119. The summed E-state index contributed by atoms with van der Waals surface area (Å²) in [7, 11) is 0. The zero-order valence-corrected chi connectivity index (χ0v) is 11.6. The summed E-state index contributed by atoms with van der Waals surface area (Å²) in [5.74, 6) is -0.104. The van der Waals surface area contributed by atoms with Gasteiger partial charge in [-0.15, -0.1) is 0 Å². The molecule has 3 rings (SSSR count). The minimum absolute atomic E-state index is 0.0454. The van der Waals surface area contributed by atoms with Crippen molar-refractivity contribution in [3.63, 3.8) is 0 Å². The van der Waals surface area contributed by atoms with E-state index in [1.807, 2.05) is 0 Å². The van der Waals surface area contributed by atoms with Crippen LogP contribution in [0.3, 0.4) is 0 Å². The van der Waals surface area contributed by atoms with Gasteiger partial charge in [0.1, 0.15) is 11.5 Å². The normalized spacial score (nSPS) is 25.1. The van der Waals surface area contributed by atoms with Crippen molar-refractivity contribution in [2.24, 2.45) is 5.92 Å². The minimum atomic E-state index is -0.279. The zero-order chi connectivity index (χ0) is 15.0. The van der Waals surface area contributed by atoms with Crippen molar-refractivity contribution in [1.29, 1.82) is 0 Å². The van der Waals surface area contributed by atoms with E-state index in [4.69, 9.17) is 0 Å². The highest BCUT2D eigenvalue weighted by molar-refractivity contribution is 5.97. The van der Waals surface area contributed by atoms with Crippen LogP contribution in [0.1, 0.15) is 29.6 Å². The van der Waals surface area contributed by atoms with Crippen LogP contribution in [0.2, 0.25) is 0 Å². The van der Waals surface area contributed by atoms with E-state index in [0.717, 1.165) is 12.8 Å². The Labute approximate surface area is 122 Å². The van der Waals surface area contributed by atoms with Crippen molar-refractivity contribution in [3.05, 3.63) is 23.8 Å². The number of likely N-dealkylation sites (tertiary alicyclic amines) is 1. The van der Waals surface area contributed by atoms with Crippen LogP contribution in [-0.4, -0.2) is 46.1 Å². The van der Waals surface area contributed by atoms with Gasteiger partial charge in [-0.25, -0.2) is 0 Å². The van der Waals surface area contributed by atoms with Gasteiger partial charge >= 0.3 is 0 Å². The van der Waals surface area contributed by atoms with Gasteiger partial charge in [0, 0.05) is 25.6 Å². The lowest BCUT2D eigenvalue weighted by Gasteiger charge is -2.41. The van der Waals surface area contributed by atoms with Gasteiger partial charge in [-0.3, -0.25) is 9.59 Å². The predicted octanol–water partition coefficient (Wildman–Crippen LogP) is 0.839. The predicted molar refractivity (Wildman–Crippen MR) is 74.9 cm³/mol. The first-order valence-electron chi connectivity index (χ1n) is 7.15. The van der Waals surface area contributed by atoms with E-state index in [1.54, 1.807) is 4.90 Å². The largest absolute Gasteiger partial charge is 0.508 e. The van der Waals surface area contributed by atoms with Crippen LogP contribution in [0.5, 0.6) is 11.5 Å². The first-order valence-corrected chi connectivity index (χ1v) is 7.15. The number of hydrogen-bond acceptors (Lipinski definition) is 4. The molecule has 0 aromatic heterocycles. The number of benzene rings is 1. The van der Waals surface area contributed by atoms with Crippen LogP contribution in [0, 0.1) is 5.92 Å². The summed E-state index contributed by atoms with van der Waals surface area (Å²) in [5, 5.41) is 22.2. The number of nitrogens with one attached hydrogen (secondary N) is 1. The third-order valence-corrected chi connectivity index (χ3v) is 4.32. The number of aromatic hydroxyl groups is 2. The van der Waals surface area contributed by atoms with Gasteiger partial charge in [-0.05, 0) is 37.0 Å². The highest BCUT2D eigenvalue weighted by Crippen LogP contribution is 2.29. The Morgan fingerprint density at radius 3 is 2.90 bits per heavy atom. The van der Waals surface area contributed by atoms with Gasteiger partial charge < -0.3 is 20.4 Å². The van der Waals surface area contributed by atoms with Crippen molar-refractivity contribution in [2.75, 3.05) is 13.1 Å². The average molecular weight is 290 g/mol. The van der Waals surface area contributed by atoms with Crippen LogP contribution >= 0.6 is 0 Å². The van der Waals surface area contributed by atoms with Crippen molar-refractivity contribution in [3.8, 4) is 11.5 Å². The van der Waals surface area contributed by atoms with Gasteiger partial charge in [0.05, 0.1) is 5.56 Å². The molecule has 112 valence electrons. The fourth-order valence-corrected chi connectivity index (χ4v) is 3.16. The molecule has 2 unspecified atom stereocenters. The smallest absolute Gasteiger partial charge is 0.257 e. The number of phenolic OH excluding ortho intramolecular Hbond substituents is 2. The van der Waals surface area contributed by atoms with E-state index in [2.05, 4.69) is 5.32 Å². The Balaban J connectivity index is 1.74. The van der Waals surface area contributed by atoms with Gasteiger partial charge in [0.15, 0.2) is 0 Å². The van der Waals surface area contributed by atoms with E-state index < -0.39 is 0 Å². The van der Waals surface area contributed by atoms with Crippen LogP contribution in [0.15, 0.2) is 18.2 Å². The van der Waals surface area contributed by atoms with E-state index in [9.17, 15) is 19.8 Å². The van der Waals surface area contributed by atoms with E-state index in [-0.39, 0.29) is 40.8 Å². The zero-order valence-electron chi connectivity index (χ0n) is 11.6. The van der Waals surface area contributed by atoms with E-state index in [0.29, 0.717) is 19.5 Å². The Kier molecular flexibility index (Phi) is 3.45. The summed E-state index contributed by atoms with van der Waals surface area (Å²) < 4.78 is 0. The standard InChI is InChI=1S/C15H18N2O4/c18-10-2-3-13(19)11(7-10)15(21)17-6-5-12-9(8-17)1-4-14(20)16-12/h2-3,7,9,12,18-19H,1,4-6,8H2,(H,16,20). The van der Waals surface area contributed by atoms with E-state index in [1.165, 1.54) is 18.2 Å². The van der Waals surface area contributed by atoms with Crippen LogP contribution in [0.25, 0.3) is 0 Å². The molecule has 2 atom stereocenters. The number of carbonyl (C=O) groups is 2. The first-order chi connectivity index (χ1) is 10.0. The Bertz CT molecular complexity index is 587. The quantitative estimate of drug-likeness (QED) is 0.669. The fourth-order valence-electron chi connectivity index (χ4n) is 3.16. The molecular weight excluding hydrogens is 272 g/mol. The van der Waals surface area contributed by atoms with Crippen molar-refractivity contribution in [1.82, 2.24) is 10.2 Å². The molecule has 6 nitrogen and oxygen atoms in total. The molecule has 1 aromatic rings. The topological polar surface area (TPSA) is 89.9 Å². The molecule has 0 radical (unpaired) electrons. The lowest BCUT2D eigenvalue weighted by molar-refractivity contribution is -0.125. The lowest BCUT2D eigenvalue weighted by atomic mass is 9.85. The number of amides is 2. The van der Waals surface area contributed by atoms with Crippen LogP contribution in [0.4, 0.5) is 0 Å². The van der Waals surface area contributed by atoms with Crippen molar-refractivity contribution >= 4 is 11.8 Å². The second-order valence-electron chi connectivity index (χ2n) is 5.71. The Morgan fingerprint density at radius 2 is 2.10 bits per heavy atom. The maximum Gasteiger partial charge on any atom is 0.257 e. The molecule has 0 bridgehead atoms. The third-order valence-electron chi connectivity index (χ3n) is 4.32. The van der Waals surface area contributed by atoms with Crippen molar-refractivity contribution in [2.45, 2.75) is 25.3 Å². The third kappa shape index (κ3) is 2.66. The first kappa shape index (κ1) is 13.7. The molecule has 2 aliphatic rings. The van der Waals surface area contributed by atoms with Crippen LogP contribution < -0.4 is 5.32 Å². The molecule has 0 spiro atoms. The highest BCUT2D eigenvalue weighted by atomic mass is 16.3. The summed E-state index contributed by atoms with van der Waals surface area (Å²) in [6.07, 6.45) is 2.01. The Hall–Kier alpha value is -2.24. The monoisotopic (exact) mass is 290 g/mol. The second kappa shape index (κ2) is 5.27. The summed E-state index contributed by atoms with van der Waals surface area (Å²) in [6, 6.07) is 4.09. The molecule has 2 aliphatic heterocycles. The van der Waals surface area contributed by atoms with Crippen molar-refractivity contribution < 1.29 is 19.8 Å². The Morgan fingerprint density at radius 1 is 1.29 bits per heavy atom. The summed E-state index contributed by atoms with van der Waals surface area (Å²) >= 11 is 0. The van der Waals surface area contributed by atoms with Crippen LogP contribution in [-0.2, 0) is 4.79 Å². The molecule has 2 amide bonds. The molecule has 2 fully saturated rings. The SMILES string of the molecule is O=C1CCC2CN(C(=O)c3cc(O)ccc3O)CCC2N1. The average Bonchev–Trinajstić information content (AvgIpc) is 2.48. The molecule has 6 heteroatoms. The number of carbonyl (C=O) groups excluding carboxylic acids is 2. The van der Waals surface area contributed by atoms with Gasteiger partial charge in [0.25, 0.3) is 5.91 Å². The lowest BCUT2D eigenvalue weighted by Crippen LogP contribution is -2.55. The number of rotatable bonds is 1. The van der Waals surface area contributed by atoms with Gasteiger partial charge in [0.2, 0.25) is 5.91 Å². The van der Waals surface area contributed by atoms with Gasteiger partial charge in [-0.1, -0.05) is 0 Å². The molecule has 0 saturated carbocycles. The molecule has 3 N–H and O–H groups in total. The maximum atomic E-state index is 12.5. The maximum absolute atomic E-state index is 12.5. The molecule has 0 aliphatic carbocycles. The number of piperidine rings is 2. The second-order valence-corrected chi connectivity index (χ2v) is 5.71. The fraction of sp³-hybridized carbons (Fsp3) is 0.467. The molecular formula is C15H18N2O4. The van der Waals surface area contributed by atoms with E-state index >= 15 is 0 Å². The number of hydrogen-bond donors (Lipinski definition) is 3. The van der Waals surface area contributed by atoms with Gasteiger partial charge in [-0.2, -0.15) is 0 Å². The number of nitrogens with zero attached hydrogens (tertiary/aromatic N) is 1. The summed E-state index contributed by atoms with van der Waals surface area (Å²) in [6.45, 7) is 1.11. The minimum Gasteiger partial charge on any atom is -0.508 e. The number of fused-ring (bicyclic) bond motifs is 1. The molecule has 1 aromatic carbocycles. The highest BCUT2D eigenvalue weighted by Gasteiger charge is 2.35. The summed E-state index contributed by atoms with van der Waals surface area (Å²) in [4.78, 5) is 25.6. The molecule has 2 heterocycles. The molecule has 2 saturated heterocycles. The molecule has 21 heavy (non-hydrogen) atoms.